The zero-order chi connectivity index (χ0) is 38.5. The molecule has 0 unspecified atom stereocenters. The Kier molecular flexibility index (Phi) is 10.8. The largest absolute Gasteiger partial charge is 0.513 e. The standard InChI is InChI=1S/C38H49NO14/c1-17(2)32(40)50-27-28(51-33(41)18(3)4)30(52-34(42)19(5)6)36(53-29(27)35(43)45-8)47-24-13-11-21-22-16-20-10-12-23(48-37(44)46-9)26-25(20)38(21,31(24)49-26)14-15-39(22)7/h10-13,17-19,21-22,24,27-31,36H,14-16H2,1-9H3/t21-,22+,24-,27-,28-,29-,30+,31-,36-,38-/m0/s1. The quantitative estimate of drug-likeness (QED) is 0.148. The van der Waals surface area contributed by atoms with E-state index in [9.17, 15) is 24.0 Å². The molecule has 10 atom stereocenters. The molecule has 1 aromatic carbocycles. The number of likely N-dealkylation sites (tertiary alicyclic amines) is 1. The predicted octanol–water partition coefficient (Wildman–Crippen LogP) is 3.26. The SMILES string of the molecule is COC(=O)Oc1ccc2c3c1O[C@H]1[C@@H](O[C@H]4O[C@H](C(=O)OC)[C@@H](OC(=O)C(C)C)[C@H](OC(=O)C(C)C)[C@H]4OC(=O)C(C)C)C=C[C@H]4[C@@H](C2)N(C)CC[C@@]341. The van der Waals surface area contributed by atoms with Gasteiger partial charge in [0.2, 0.25) is 6.29 Å². The van der Waals surface area contributed by atoms with Gasteiger partial charge in [-0.25, -0.2) is 9.59 Å². The van der Waals surface area contributed by atoms with E-state index in [1.54, 1.807) is 47.6 Å². The van der Waals surface area contributed by atoms with Crippen LogP contribution in [-0.4, -0.2) is 112 Å². The molecule has 0 N–H and O–H groups in total. The maximum atomic E-state index is 13.4. The Hall–Kier alpha value is -4.21. The second-order valence-electron chi connectivity index (χ2n) is 15.2. The summed E-state index contributed by atoms with van der Waals surface area (Å²) in [7, 11) is 4.46. The van der Waals surface area contributed by atoms with Crippen LogP contribution < -0.4 is 9.47 Å². The molecular weight excluding hydrogens is 694 g/mol. The molecule has 0 saturated carbocycles. The van der Waals surface area contributed by atoms with Gasteiger partial charge in [-0.2, -0.15) is 0 Å². The summed E-state index contributed by atoms with van der Waals surface area (Å²) in [5.74, 6) is -4.30. The highest BCUT2D eigenvalue weighted by Gasteiger charge is 2.66. The number of benzene rings is 1. The van der Waals surface area contributed by atoms with E-state index in [1.165, 1.54) is 7.11 Å². The third-order valence-electron chi connectivity index (χ3n) is 10.9. The third-order valence-corrected chi connectivity index (χ3v) is 10.9. The minimum Gasteiger partial charge on any atom is -0.482 e. The van der Waals surface area contributed by atoms with Crippen molar-refractivity contribution in [3.63, 3.8) is 0 Å². The summed E-state index contributed by atoms with van der Waals surface area (Å²) in [5.41, 5.74) is 1.37. The molecule has 0 amide bonds. The molecule has 0 aromatic heterocycles. The van der Waals surface area contributed by atoms with Gasteiger partial charge in [0.25, 0.3) is 0 Å². The molecule has 53 heavy (non-hydrogen) atoms. The fourth-order valence-electron chi connectivity index (χ4n) is 8.12. The highest BCUT2D eigenvalue weighted by atomic mass is 16.7. The first-order valence-corrected chi connectivity index (χ1v) is 18.1. The first-order valence-electron chi connectivity index (χ1n) is 18.1. The predicted molar refractivity (Wildman–Crippen MR) is 183 cm³/mol. The maximum Gasteiger partial charge on any atom is 0.513 e. The normalized spacial score (nSPS) is 32.4. The fourth-order valence-corrected chi connectivity index (χ4v) is 8.12. The van der Waals surface area contributed by atoms with Gasteiger partial charge in [0.05, 0.1) is 32.0 Å². The minimum atomic E-state index is -1.64. The molecule has 1 aromatic rings. The lowest BCUT2D eigenvalue weighted by molar-refractivity contribution is -0.314. The van der Waals surface area contributed by atoms with Crippen molar-refractivity contribution in [2.24, 2.45) is 23.7 Å². The van der Waals surface area contributed by atoms with Crippen LogP contribution in [0.3, 0.4) is 0 Å². The van der Waals surface area contributed by atoms with Crippen LogP contribution in [0.4, 0.5) is 4.79 Å². The van der Waals surface area contributed by atoms with E-state index in [1.807, 2.05) is 12.1 Å². The average molecular weight is 744 g/mol. The van der Waals surface area contributed by atoms with Crippen molar-refractivity contribution >= 4 is 30.0 Å². The molecule has 2 fully saturated rings. The number of likely N-dealkylation sites (N-methyl/N-ethyl adjacent to an activating group) is 1. The number of methoxy groups -OCH3 is 2. The van der Waals surface area contributed by atoms with Crippen molar-refractivity contribution in [3.05, 3.63) is 35.4 Å². The summed E-state index contributed by atoms with van der Waals surface area (Å²) in [5, 5.41) is 0. The maximum absolute atomic E-state index is 13.4. The van der Waals surface area contributed by atoms with Gasteiger partial charge in [0.1, 0.15) is 12.2 Å². The van der Waals surface area contributed by atoms with E-state index in [4.69, 9.17) is 42.6 Å². The zero-order valence-corrected chi connectivity index (χ0v) is 31.5. The van der Waals surface area contributed by atoms with Gasteiger partial charge in [-0.3, -0.25) is 14.4 Å². The number of carbonyl (C=O) groups is 5. The Morgan fingerprint density at radius 1 is 0.830 bits per heavy atom. The molecule has 3 aliphatic heterocycles. The van der Waals surface area contributed by atoms with Crippen molar-refractivity contribution in [3.8, 4) is 11.5 Å². The molecule has 2 bridgehead atoms. The Morgan fingerprint density at radius 2 is 1.45 bits per heavy atom. The molecule has 3 heterocycles. The molecular formula is C38H49NO14. The van der Waals surface area contributed by atoms with Crippen LogP contribution >= 0.6 is 0 Å². The van der Waals surface area contributed by atoms with Crippen molar-refractivity contribution in [1.29, 1.82) is 0 Å². The Labute approximate surface area is 308 Å². The number of hydrogen-bond acceptors (Lipinski definition) is 15. The molecule has 1 spiro atoms. The monoisotopic (exact) mass is 743 g/mol. The van der Waals surface area contributed by atoms with Crippen molar-refractivity contribution in [2.75, 3.05) is 27.8 Å². The van der Waals surface area contributed by atoms with Crippen molar-refractivity contribution in [2.45, 2.75) is 109 Å². The number of carbonyl (C=O) groups excluding carboxylic acids is 5. The number of ether oxygens (including phenoxy) is 9. The van der Waals surface area contributed by atoms with Crippen LogP contribution in [0.25, 0.3) is 0 Å². The lowest BCUT2D eigenvalue weighted by atomic mass is 9.53. The molecule has 5 aliphatic rings. The smallest absolute Gasteiger partial charge is 0.482 e. The molecule has 290 valence electrons. The molecule has 2 aliphatic carbocycles. The van der Waals surface area contributed by atoms with Gasteiger partial charge in [-0.15, -0.1) is 0 Å². The van der Waals surface area contributed by atoms with Crippen LogP contribution in [0, 0.1) is 23.7 Å². The van der Waals surface area contributed by atoms with Gasteiger partial charge in [-0.1, -0.05) is 59.8 Å². The second-order valence-corrected chi connectivity index (χ2v) is 15.2. The Morgan fingerprint density at radius 3 is 2.06 bits per heavy atom. The van der Waals surface area contributed by atoms with Crippen LogP contribution in [0.2, 0.25) is 0 Å². The summed E-state index contributed by atoms with van der Waals surface area (Å²) >= 11 is 0. The first-order chi connectivity index (χ1) is 25.1. The van der Waals surface area contributed by atoms with Gasteiger partial charge in [-0.05, 0) is 38.1 Å². The zero-order valence-electron chi connectivity index (χ0n) is 31.5. The average Bonchev–Trinajstić information content (AvgIpc) is 3.48. The van der Waals surface area contributed by atoms with E-state index in [2.05, 4.69) is 18.0 Å². The van der Waals surface area contributed by atoms with E-state index >= 15 is 0 Å². The first kappa shape index (κ1) is 38.5. The second kappa shape index (κ2) is 14.9. The summed E-state index contributed by atoms with van der Waals surface area (Å²) in [6, 6.07) is 3.78. The molecule has 6 rings (SSSR count). The van der Waals surface area contributed by atoms with Crippen molar-refractivity contribution in [1.82, 2.24) is 4.90 Å². The Balaban J connectivity index is 1.44. The van der Waals surface area contributed by atoms with Crippen LogP contribution in [0.15, 0.2) is 24.3 Å². The van der Waals surface area contributed by atoms with Gasteiger partial charge >= 0.3 is 30.0 Å². The van der Waals surface area contributed by atoms with Gasteiger partial charge in [0, 0.05) is 22.9 Å². The molecule has 2 saturated heterocycles. The lowest BCUT2D eigenvalue weighted by Gasteiger charge is -2.57. The minimum absolute atomic E-state index is 0.00236. The lowest BCUT2D eigenvalue weighted by Crippen LogP contribution is -2.67. The number of nitrogens with zero attached hydrogens (tertiary/aromatic N) is 1. The van der Waals surface area contributed by atoms with Crippen LogP contribution in [0.1, 0.15) is 59.1 Å². The molecule has 0 radical (unpaired) electrons. The number of piperidine rings is 1. The topological polar surface area (TPSA) is 172 Å². The van der Waals surface area contributed by atoms with Crippen LogP contribution in [-0.2, 0) is 64.2 Å². The summed E-state index contributed by atoms with van der Waals surface area (Å²) in [4.78, 5) is 67.5. The number of esters is 4. The Bertz CT molecular complexity index is 1650. The molecule has 15 nitrogen and oxygen atoms in total. The van der Waals surface area contributed by atoms with E-state index in [-0.39, 0.29) is 17.7 Å². The summed E-state index contributed by atoms with van der Waals surface area (Å²) in [6.45, 7) is 10.4. The van der Waals surface area contributed by atoms with Crippen molar-refractivity contribution < 1.29 is 66.6 Å². The van der Waals surface area contributed by atoms with E-state index in [0.29, 0.717) is 12.2 Å². The highest BCUT2D eigenvalue weighted by molar-refractivity contribution is 5.78. The van der Waals surface area contributed by atoms with E-state index in [0.717, 1.165) is 31.2 Å². The van der Waals surface area contributed by atoms with Gasteiger partial charge < -0.3 is 47.5 Å². The highest BCUT2D eigenvalue weighted by Crippen LogP contribution is 2.63. The fraction of sp³-hybridized carbons (Fsp3) is 0.658. The van der Waals surface area contributed by atoms with Crippen LogP contribution in [0.5, 0.6) is 11.5 Å². The van der Waals surface area contributed by atoms with E-state index < -0.39 is 96.1 Å². The van der Waals surface area contributed by atoms with Gasteiger partial charge in [0.15, 0.2) is 35.9 Å². The summed E-state index contributed by atoms with van der Waals surface area (Å²) in [6.07, 6.45) is -4.90. The molecule has 15 heteroatoms. The number of rotatable bonds is 10. The third kappa shape index (κ3) is 6.76. The summed E-state index contributed by atoms with van der Waals surface area (Å²) < 4.78 is 52.9. The number of hydrogen-bond donors (Lipinski definition) is 0.